The van der Waals surface area contributed by atoms with E-state index in [0.717, 1.165) is 0 Å². The Morgan fingerprint density at radius 3 is 2.48 bits per heavy atom. The lowest BCUT2D eigenvalue weighted by molar-refractivity contribution is -0.145. The molecule has 2 heterocycles. The second kappa shape index (κ2) is 8.71. The zero-order valence-electron chi connectivity index (χ0n) is 15.6. The molecule has 0 N–H and O–H groups in total. The number of rotatable bonds is 4. The summed E-state index contributed by atoms with van der Waals surface area (Å²) >= 11 is 6.23. The summed E-state index contributed by atoms with van der Waals surface area (Å²) in [6.45, 7) is 2.58. The molecule has 2 aliphatic heterocycles. The van der Waals surface area contributed by atoms with Crippen LogP contribution in [-0.4, -0.2) is 56.3 Å². The van der Waals surface area contributed by atoms with Crippen LogP contribution in [0.1, 0.15) is 22.0 Å². The van der Waals surface area contributed by atoms with Crippen LogP contribution < -0.4 is 9.47 Å². The maximum atomic E-state index is 13.1. The summed E-state index contributed by atoms with van der Waals surface area (Å²) in [5.41, 5.74) is 0.788. The minimum absolute atomic E-state index is 0.190. The molecule has 1 unspecified atom stereocenters. The minimum Gasteiger partial charge on any atom is -0.486 e. The smallest absolute Gasteiger partial charge is 0.339 e. The van der Waals surface area contributed by atoms with Gasteiger partial charge in [-0.2, -0.15) is 0 Å². The van der Waals surface area contributed by atoms with Crippen molar-refractivity contribution in [3.8, 4) is 11.5 Å². The molecule has 0 bridgehead atoms. The maximum absolute atomic E-state index is 13.1. The summed E-state index contributed by atoms with van der Waals surface area (Å²) in [7, 11) is 0. The first-order chi connectivity index (χ1) is 14.1. The third kappa shape index (κ3) is 4.31. The number of amides is 1. The fraction of sp³-hybridized carbons (Fsp3) is 0.333. The number of fused-ring (bicyclic) bond motifs is 1. The fourth-order valence-corrected chi connectivity index (χ4v) is 3.51. The first kappa shape index (κ1) is 19.5. The van der Waals surface area contributed by atoms with E-state index in [0.29, 0.717) is 56.6 Å². The van der Waals surface area contributed by atoms with Crippen LogP contribution in [0.4, 0.5) is 0 Å². The average molecular weight is 418 g/mol. The summed E-state index contributed by atoms with van der Waals surface area (Å²) in [5, 5.41) is 0.255. The molecule has 4 rings (SSSR count). The van der Waals surface area contributed by atoms with E-state index in [9.17, 15) is 9.59 Å². The van der Waals surface area contributed by atoms with E-state index >= 15 is 0 Å². The molecule has 8 heteroatoms. The number of carbonyl (C=O) groups excluding carboxylic acids is 2. The molecule has 1 atom stereocenters. The van der Waals surface area contributed by atoms with Gasteiger partial charge in [-0.15, -0.1) is 0 Å². The molecule has 0 radical (unpaired) electrons. The van der Waals surface area contributed by atoms with Gasteiger partial charge in [0.25, 0.3) is 5.91 Å². The molecule has 0 spiro atoms. The van der Waals surface area contributed by atoms with Gasteiger partial charge in [0, 0.05) is 18.7 Å². The highest BCUT2D eigenvalue weighted by Crippen LogP contribution is 2.38. The summed E-state index contributed by atoms with van der Waals surface area (Å²) in [5.74, 6) is -0.166. The van der Waals surface area contributed by atoms with Crippen LogP contribution in [0, 0.1) is 0 Å². The average Bonchev–Trinajstić information content (AvgIpc) is 2.78. The Bertz CT molecular complexity index is 898. The molecule has 7 nitrogen and oxygen atoms in total. The number of benzene rings is 2. The van der Waals surface area contributed by atoms with Crippen molar-refractivity contribution in [2.75, 3.05) is 39.5 Å². The van der Waals surface area contributed by atoms with Gasteiger partial charge in [-0.05, 0) is 12.1 Å². The predicted octanol–water partition coefficient (Wildman–Crippen LogP) is 2.87. The van der Waals surface area contributed by atoms with Gasteiger partial charge >= 0.3 is 5.97 Å². The first-order valence-corrected chi connectivity index (χ1v) is 9.73. The number of halogens is 1. The summed E-state index contributed by atoms with van der Waals surface area (Å²) in [6, 6.07) is 11.9. The molecular weight excluding hydrogens is 398 g/mol. The van der Waals surface area contributed by atoms with Crippen LogP contribution in [0.2, 0.25) is 5.02 Å². The van der Waals surface area contributed by atoms with E-state index in [1.54, 1.807) is 29.2 Å². The molecule has 2 aromatic rings. The van der Waals surface area contributed by atoms with Crippen molar-refractivity contribution in [2.24, 2.45) is 0 Å². The molecule has 0 aromatic heterocycles. The number of morpholine rings is 1. The first-order valence-electron chi connectivity index (χ1n) is 9.35. The van der Waals surface area contributed by atoms with Gasteiger partial charge in [-0.3, -0.25) is 4.79 Å². The number of esters is 1. The Morgan fingerprint density at radius 1 is 1.00 bits per heavy atom. The van der Waals surface area contributed by atoms with Crippen molar-refractivity contribution in [3.63, 3.8) is 0 Å². The summed E-state index contributed by atoms with van der Waals surface area (Å²) < 4.78 is 22.0. The number of hydrogen-bond donors (Lipinski definition) is 0. The van der Waals surface area contributed by atoms with Crippen LogP contribution >= 0.6 is 11.6 Å². The van der Waals surface area contributed by atoms with Crippen molar-refractivity contribution in [3.05, 3.63) is 58.6 Å². The van der Waals surface area contributed by atoms with Crippen LogP contribution in [0.25, 0.3) is 0 Å². The highest BCUT2D eigenvalue weighted by atomic mass is 35.5. The van der Waals surface area contributed by atoms with Gasteiger partial charge < -0.3 is 23.8 Å². The lowest BCUT2D eigenvalue weighted by Gasteiger charge is -2.30. The number of nitrogens with zero attached hydrogens (tertiary/aromatic N) is 1. The van der Waals surface area contributed by atoms with Gasteiger partial charge in [0.05, 0.1) is 23.8 Å². The Hall–Kier alpha value is -2.77. The Balaban J connectivity index is 1.59. The van der Waals surface area contributed by atoms with E-state index in [1.807, 2.05) is 6.07 Å². The fourth-order valence-electron chi connectivity index (χ4n) is 3.24. The number of carbonyl (C=O) groups is 2. The van der Waals surface area contributed by atoms with E-state index in [4.69, 9.17) is 30.5 Å². The molecule has 2 aromatic carbocycles. The van der Waals surface area contributed by atoms with Gasteiger partial charge in [0.15, 0.2) is 11.5 Å². The predicted molar refractivity (Wildman–Crippen MR) is 104 cm³/mol. The van der Waals surface area contributed by atoms with Gasteiger partial charge in [-0.25, -0.2) is 4.79 Å². The third-order valence-electron chi connectivity index (χ3n) is 4.71. The molecule has 152 valence electrons. The molecule has 2 aliphatic rings. The van der Waals surface area contributed by atoms with Crippen molar-refractivity contribution < 1.29 is 28.5 Å². The topological polar surface area (TPSA) is 74.3 Å². The lowest BCUT2D eigenvalue weighted by atomic mass is 10.1. The monoisotopic (exact) mass is 417 g/mol. The normalized spacial score (nSPS) is 16.8. The Morgan fingerprint density at radius 2 is 1.72 bits per heavy atom. The number of ether oxygens (including phenoxy) is 4. The second-order valence-electron chi connectivity index (χ2n) is 6.62. The maximum Gasteiger partial charge on any atom is 0.339 e. The summed E-state index contributed by atoms with van der Waals surface area (Å²) in [4.78, 5) is 27.6. The van der Waals surface area contributed by atoms with Crippen molar-refractivity contribution in [1.82, 2.24) is 4.90 Å². The second-order valence-corrected chi connectivity index (χ2v) is 7.02. The highest BCUT2D eigenvalue weighted by molar-refractivity contribution is 6.32. The van der Waals surface area contributed by atoms with Gasteiger partial charge in [0.2, 0.25) is 6.10 Å². The highest BCUT2D eigenvalue weighted by Gasteiger charge is 2.31. The lowest BCUT2D eigenvalue weighted by Crippen LogP contribution is -2.44. The molecule has 29 heavy (non-hydrogen) atoms. The standard InChI is InChI=1S/C21H20ClNO6/c22-16-12-15(13-17-19(16)28-11-10-27-17)21(25)29-18(14-4-2-1-3-5-14)20(24)23-6-8-26-9-7-23/h1-5,12-13,18H,6-11H2. The van der Waals surface area contributed by atoms with Gasteiger partial charge in [0.1, 0.15) is 13.2 Å². The van der Waals surface area contributed by atoms with Crippen molar-refractivity contribution in [2.45, 2.75) is 6.10 Å². The van der Waals surface area contributed by atoms with Crippen molar-refractivity contribution >= 4 is 23.5 Å². The largest absolute Gasteiger partial charge is 0.486 e. The summed E-state index contributed by atoms with van der Waals surface area (Å²) in [6.07, 6.45) is -1.06. The van der Waals surface area contributed by atoms with Crippen LogP contribution in [-0.2, 0) is 14.3 Å². The van der Waals surface area contributed by atoms with E-state index in [-0.39, 0.29) is 16.5 Å². The van der Waals surface area contributed by atoms with Gasteiger partial charge in [-0.1, -0.05) is 41.9 Å². The minimum atomic E-state index is -1.06. The molecule has 1 amide bonds. The molecule has 1 fully saturated rings. The van der Waals surface area contributed by atoms with Crippen LogP contribution in [0.5, 0.6) is 11.5 Å². The third-order valence-corrected chi connectivity index (χ3v) is 4.99. The zero-order chi connectivity index (χ0) is 20.2. The van der Waals surface area contributed by atoms with Crippen molar-refractivity contribution in [1.29, 1.82) is 0 Å². The Kier molecular flexibility index (Phi) is 5.87. The Labute approximate surface area is 173 Å². The van der Waals surface area contributed by atoms with E-state index in [1.165, 1.54) is 12.1 Å². The zero-order valence-corrected chi connectivity index (χ0v) is 16.4. The molecular formula is C21H20ClNO6. The number of hydrogen-bond acceptors (Lipinski definition) is 6. The molecule has 0 saturated carbocycles. The van der Waals surface area contributed by atoms with Crippen LogP contribution in [0.15, 0.2) is 42.5 Å². The molecule has 0 aliphatic carbocycles. The molecule has 1 saturated heterocycles. The van der Waals surface area contributed by atoms with E-state index < -0.39 is 12.1 Å². The SMILES string of the molecule is O=C(OC(C(=O)N1CCOCC1)c1ccccc1)c1cc(Cl)c2c(c1)OCCO2. The van der Waals surface area contributed by atoms with Crippen LogP contribution in [0.3, 0.4) is 0 Å². The quantitative estimate of drug-likeness (QED) is 0.712. The van der Waals surface area contributed by atoms with E-state index in [2.05, 4.69) is 0 Å².